The number of rotatable bonds is 3. The molecule has 0 N–H and O–H groups in total. The summed E-state index contributed by atoms with van der Waals surface area (Å²) < 4.78 is 5.40. The Bertz CT molecular complexity index is 593. The van der Waals surface area contributed by atoms with Crippen LogP contribution in [0.3, 0.4) is 0 Å². The van der Waals surface area contributed by atoms with E-state index in [1.165, 1.54) is 0 Å². The smallest absolute Gasteiger partial charge is 0.261 e. The predicted octanol–water partition coefficient (Wildman–Crippen LogP) is 0.920. The van der Waals surface area contributed by atoms with Crippen molar-refractivity contribution in [1.82, 2.24) is 9.80 Å². The molecule has 1 atom stereocenters. The summed E-state index contributed by atoms with van der Waals surface area (Å²) in [7, 11) is 0. The number of fused-ring (bicyclic) bond motifs is 1. The molecule has 3 amide bonds. The van der Waals surface area contributed by atoms with Gasteiger partial charge in [-0.3, -0.25) is 19.3 Å². The SMILES string of the molecule is CC1CN(C(=O)CCN2C(=O)c3ccccc3C2=O)CCO1. The lowest BCUT2D eigenvalue weighted by Crippen LogP contribution is -2.45. The van der Waals surface area contributed by atoms with Gasteiger partial charge in [-0.05, 0) is 19.1 Å². The first-order valence-electron chi connectivity index (χ1n) is 7.42. The third-order valence-electron chi connectivity index (χ3n) is 4.02. The molecule has 0 aliphatic carbocycles. The summed E-state index contributed by atoms with van der Waals surface area (Å²) in [6, 6.07) is 6.74. The molecule has 0 saturated carbocycles. The molecule has 0 radical (unpaired) electrons. The number of benzene rings is 1. The van der Waals surface area contributed by atoms with Gasteiger partial charge in [-0.15, -0.1) is 0 Å². The normalized spacial score (nSPS) is 21.2. The van der Waals surface area contributed by atoms with E-state index < -0.39 is 0 Å². The Kier molecular flexibility index (Phi) is 3.94. The summed E-state index contributed by atoms with van der Waals surface area (Å²) in [5, 5.41) is 0. The maximum Gasteiger partial charge on any atom is 0.261 e. The zero-order chi connectivity index (χ0) is 15.7. The summed E-state index contributed by atoms with van der Waals surface area (Å²) in [4.78, 5) is 39.5. The molecule has 1 aromatic carbocycles. The minimum Gasteiger partial charge on any atom is -0.375 e. The fraction of sp³-hybridized carbons (Fsp3) is 0.438. The zero-order valence-electron chi connectivity index (χ0n) is 12.4. The Balaban J connectivity index is 1.62. The summed E-state index contributed by atoms with van der Waals surface area (Å²) in [6.45, 7) is 3.69. The number of hydrogen-bond acceptors (Lipinski definition) is 4. The monoisotopic (exact) mass is 302 g/mol. The van der Waals surface area contributed by atoms with Crippen LogP contribution in [0.4, 0.5) is 0 Å². The summed E-state index contributed by atoms with van der Waals surface area (Å²) in [6.07, 6.45) is 0.176. The molecule has 2 aliphatic heterocycles. The van der Waals surface area contributed by atoms with Crippen LogP contribution in [-0.4, -0.2) is 59.9 Å². The van der Waals surface area contributed by atoms with Crippen molar-refractivity contribution in [2.24, 2.45) is 0 Å². The number of amides is 3. The molecule has 0 bridgehead atoms. The fourth-order valence-corrected chi connectivity index (χ4v) is 2.85. The van der Waals surface area contributed by atoms with Gasteiger partial charge in [-0.25, -0.2) is 0 Å². The van der Waals surface area contributed by atoms with Crippen LogP contribution >= 0.6 is 0 Å². The van der Waals surface area contributed by atoms with Crippen LogP contribution in [0.15, 0.2) is 24.3 Å². The van der Waals surface area contributed by atoms with Crippen molar-refractivity contribution in [3.8, 4) is 0 Å². The largest absolute Gasteiger partial charge is 0.375 e. The number of morpholine rings is 1. The molecule has 116 valence electrons. The summed E-state index contributed by atoms with van der Waals surface area (Å²) in [5.74, 6) is -0.681. The Labute approximate surface area is 128 Å². The van der Waals surface area contributed by atoms with Crippen molar-refractivity contribution in [3.05, 3.63) is 35.4 Å². The standard InChI is InChI=1S/C16H18N2O4/c1-11-10-17(8-9-22-11)14(19)6-7-18-15(20)12-4-2-3-5-13(12)16(18)21/h2-5,11H,6-10H2,1H3. The van der Waals surface area contributed by atoms with Gasteiger partial charge in [0.25, 0.3) is 11.8 Å². The lowest BCUT2D eigenvalue weighted by molar-refractivity contribution is -0.138. The van der Waals surface area contributed by atoms with Gasteiger partial charge in [0, 0.05) is 26.1 Å². The van der Waals surface area contributed by atoms with Crippen LogP contribution in [0, 0.1) is 0 Å². The number of ether oxygens (including phenoxy) is 1. The molecule has 2 aliphatic rings. The average molecular weight is 302 g/mol. The van der Waals surface area contributed by atoms with E-state index in [-0.39, 0.29) is 36.8 Å². The van der Waals surface area contributed by atoms with E-state index in [0.717, 1.165) is 4.90 Å². The molecule has 1 fully saturated rings. The highest BCUT2D eigenvalue weighted by Gasteiger charge is 2.35. The zero-order valence-corrected chi connectivity index (χ0v) is 12.4. The molecule has 1 unspecified atom stereocenters. The predicted molar refractivity (Wildman–Crippen MR) is 78.4 cm³/mol. The van der Waals surface area contributed by atoms with Gasteiger partial charge < -0.3 is 9.64 Å². The minimum absolute atomic E-state index is 0.0250. The van der Waals surface area contributed by atoms with E-state index in [4.69, 9.17) is 4.74 Å². The van der Waals surface area contributed by atoms with Crippen LogP contribution in [0.1, 0.15) is 34.1 Å². The molecular weight excluding hydrogens is 284 g/mol. The van der Waals surface area contributed by atoms with E-state index in [1.54, 1.807) is 29.2 Å². The Hall–Kier alpha value is -2.21. The second-order valence-corrected chi connectivity index (χ2v) is 5.58. The molecule has 6 heteroatoms. The van der Waals surface area contributed by atoms with Crippen molar-refractivity contribution in [3.63, 3.8) is 0 Å². The van der Waals surface area contributed by atoms with Gasteiger partial charge in [0.15, 0.2) is 0 Å². The average Bonchev–Trinajstić information content (AvgIpc) is 2.77. The van der Waals surface area contributed by atoms with E-state index in [1.807, 2.05) is 6.92 Å². The molecule has 22 heavy (non-hydrogen) atoms. The Morgan fingerprint density at radius 2 is 1.86 bits per heavy atom. The number of hydrogen-bond donors (Lipinski definition) is 0. The van der Waals surface area contributed by atoms with E-state index >= 15 is 0 Å². The Morgan fingerprint density at radius 3 is 2.45 bits per heavy atom. The lowest BCUT2D eigenvalue weighted by atomic mass is 10.1. The molecule has 1 aromatic rings. The maximum absolute atomic E-state index is 12.2. The first kappa shape index (κ1) is 14.7. The Morgan fingerprint density at radius 1 is 1.23 bits per heavy atom. The summed E-state index contributed by atoms with van der Waals surface area (Å²) in [5.41, 5.74) is 0.833. The van der Waals surface area contributed by atoms with Crippen LogP contribution in [0.25, 0.3) is 0 Å². The third kappa shape index (κ3) is 2.62. The van der Waals surface area contributed by atoms with E-state index in [0.29, 0.717) is 30.8 Å². The second-order valence-electron chi connectivity index (χ2n) is 5.58. The number of carbonyl (C=O) groups is 3. The van der Waals surface area contributed by atoms with Gasteiger partial charge in [-0.1, -0.05) is 12.1 Å². The van der Waals surface area contributed by atoms with Gasteiger partial charge in [0.2, 0.25) is 5.91 Å². The number of nitrogens with zero attached hydrogens (tertiary/aromatic N) is 2. The molecule has 2 heterocycles. The molecule has 1 saturated heterocycles. The topological polar surface area (TPSA) is 66.9 Å². The van der Waals surface area contributed by atoms with Gasteiger partial charge in [0.1, 0.15) is 0 Å². The van der Waals surface area contributed by atoms with Crippen molar-refractivity contribution in [2.45, 2.75) is 19.4 Å². The highest BCUT2D eigenvalue weighted by atomic mass is 16.5. The van der Waals surface area contributed by atoms with Crippen LogP contribution < -0.4 is 0 Å². The van der Waals surface area contributed by atoms with E-state index in [2.05, 4.69) is 0 Å². The molecule has 0 spiro atoms. The number of imide groups is 1. The second kappa shape index (κ2) is 5.88. The highest BCUT2D eigenvalue weighted by molar-refractivity contribution is 6.21. The van der Waals surface area contributed by atoms with Gasteiger partial charge in [0.05, 0.1) is 23.8 Å². The fourth-order valence-electron chi connectivity index (χ4n) is 2.85. The molecule has 6 nitrogen and oxygen atoms in total. The van der Waals surface area contributed by atoms with Crippen molar-refractivity contribution < 1.29 is 19.1 Å². The summed E-state index contributed by atoms with van der Waals surface area (Å²) >= 11 is 0. The van der Waals surface area contributed by atoms with Crippen molar-refractivity contribution in [2.75, 3.05) is 26.2 Å². The van der Waals surface area contributed by atoms with Crippen LogP contribution in [-0.2, 0) is 9.53 Å². The quantitative estimate of drug-likeness (QED) is 0.779. The van der Waals surface area contributed by atoms with Crippen LogP contribution in [0.5, 0.6) is 0 Å². The van der Waals surface area contributed by atoms with Crippen molar-refractivity contribution in [1.29, 1.82) is 0 Å². The van der Waals surface area contributed by atoms with Gasteiger partial charge in [-0.2, -0.15) is 0 Å². The molecule has 0 aromatic heterocycles. The first-order chi connectivity index (χ1) is 10.6. The molecule has 3 rings (SSSR count). The van der Waals surface area contributed by atoms with Gasteiger partial charge >= 0.3 is 0 Å². The molecular formula is C16H18N2O4. The third-order valence-corrected chi connectivity index (χ3v) is 4.02. The minimum atomic E-state index is -0.316. The maximum atomic E-state index is 12.2. The first-order valence-corrected chi connectivity index (χ1v) is 7.42. The number of carbonyl (C=O) groups excluding carboxylic acids is 3. The highest BCUT2D eigenvalue weighted by Crippen LogP contribution is 2.22. The van der Waals surface area contributed by atoms with Crippen LogP contribution in [0.2, 0.25) is 0 Å². The lowest BCUT2D eigenvalue weighted by Gasteiger charge is -2.31. The van der Waals surface area contributed by atoms with E-state index in [9.17, 15) is 14.4 Å². The van der Waals surface area contributed by atoms with Crippen molar-refractivity contribution >= 4 is 17.7 Å².